The Morgan fingerprint density at radius 1 is 1.11 bits per heavy atom. The lowest BCUT2D eigenvalue weighted by Gasteiger charge is -2.07. The normalized spacial score (nSPS) is 10.5. The second-order valence-corrected chi connectivity index (χ2v) is 4.19. The van der Waals surface area contributed by atoms with E-state index in [1.54, 1.807) is 0 Å². The third-order valence-electron chi connectivity index (χ3n) is 2.72. The minimum atomic E-state index is -0.695. The van der Waals surface area contributed by atoms with Crippen molar-refractivity contribution in [2.24, 2.45) is 5.73 Å². The van der Waals surface area contributed by atoms with E-state index in [1.807, 2.05) is 24.3 Å². The molecule has 0 saturated heterocycles. The molecular weight excluding hydrogens is 248 g/mol. The first kappa shape index (κ1) is 13.4. The molecule has 0 unspecified atom stereocenters. The number of benzene rings is 1. The minimum Gasteiger partial charge on any atom is -0.364 e. The Hall–Kier alpha value is -2.01. The molecule has 3 nitrogen and oxygen atoms in total. The highest BCUT2D eigenvalue weighted by Crippen LogP contribution is 2.13. The summed E-state index contributed by atoms with van der Waals surface area (Å²) >= 11 is 0. The van der Waals surface area contributed by atoms with Crippen LogP contribution >= 0.6 is 0 Å². The van der Waals surface area contributed by atoms with E-state index in [1.165, 1.54) is 0 Å². The lowest BCUT2D eigenvalue weighted by Crippen LogP contribution is -2.05. The molecule has 0 atom stereocenters. The van der Waals surface area contributed by atoms with E-state index in [0.717, 1.165) is 29.8 Å². The number of nitrogens with zero attached hydrogens (tertiary/aromatic N) is 1. The largest absolute Gasteiger partial charge is 0.364 e. The van der Waals surface area contributed by atoms with E-state index in [4.69, 9.17) is 5.73 Å². The molecule has 19 heavy (non-hydrogen) atoms. The maximum absolute atomic E-state index is 13.3. The average molecular weight is 263 g/mol. The van der Waals surface area contributed by atoms with Gasteiger partial charge >= 0.3 is 0 Å². The van der Waals surface area contributed by atoms with Crippen LogP contribution in [-0.4, -0.2) is 11.5 Å². The number of hydrogen-bond donors (Lipinski definition) is 2. The fourth-order valence-electron chi connectivity index (χ4n) is 1.72. The number of nitrogens with two attached hydrogens (primary N) is 1. The van der Waals surface area contributed by atoms with Gasteiger partial charge in [-0.3, -0.25) is 0 Å². The van der Waals surface area contributed by atoms with E-state index >= 15 is 0 Å². The van der Waals surface area contributed by atoms with Gasteiger partial charge in [-0.05, 0) is 24.1 Å². The minimum absolute atomic E-state index is 0.0486. The predicted molar refractivity (Wildman–Crippen MR) is 70.7 cm³/mol. The van der Waals surface area contributed by atoms with Crippen molar-refractivity contribution in [3.63, 3.8) is 0 Å². The van der Waals surface area contributed by atoms with Gasteiger partial charge in [0.15, 0.2) is 11.6 Å². The summed E-state index contributed by atoms with van der Waals surface area (Å²) in [6.07, 6.45) is 1.82. The smallest absolute Gasteiger partial charge is 0.168 e. The van der Waals surface area contributed by atoms with Crippen LogP contribution in [0.5, 0.6) is 0 Å². The van der Waals surface area contributed by atoms with E-state index < -0.39 is 11.6 Å². The zero-order valence-corrected chi connectivity index (χ0v) is 10.4. The molecule has 100 valence electrons. The van der Waals surface area contributed by atoms with Crippen molar-refractivity contribution in [1.82, 2.24) is 4.98 Å². The molecule has 2 rings (SSSR count). The van der Waals surface area contributed by atoms with Gasteiger partial charge in [-0.25, -0.2) is 13.8 Å². The van der Waals surface area contributed by atoms with Crippen LogP contribution in [0, 0.1) is 11.6 Å². The molecule has 1 heterocycles. The summed E-state index contributed by atoms with van der Waals surface area (Å²) in [6, 6.07) is 8.66. The van der Waals surface area contributed by atoms with Crippen molar-refractivity contribution >= 4 is 5.82 Å². The van der Waals surface area contributed by atoms with Gasteiger partial charge in [-0.15, -0.1) is 0 Å². The second-order valence-electron chi connectivity index (χ2n) is 4.19. The van der Waals surface area contributed by atoms with Gasteiger partial charge in [0.25, 0.3) is 0 Å². The zero-order valence-electron chi connectivity index (χ0n) is 10.4. The number of rotatable bonds is 5. The quantitative estimate of drug-likeness (QED) is 0.871. The maximum atomic E-state index is 13.3. The van der Waals surface area contributed by atoms with Crippen molar-refractivity contribution in [3.8, 4) is 0 Å². The molecule has 1 aromatic carbocycles. The van der Waals surface area contributed by atoms with Gasteiger partial charge in [0.1, 0.15) is 5.82 Å². The molecule has 0 aliphatic carbocycles. The molecule has 0 bridgehead atoms. The molecule has 3 N–H and O–H groups in total. The van der Waals surface area contributed by atoms with Gasteiger partial charge in [-0.2, -0.15) is 0 Å². The van der Waals surface area contributed by atoms with Crippen LogP contribution in [0.4, 0.5) is 14.6 Å². The summed E-state index contributed by atoms with van der Waals surface area (Å²) in [5.41, 5.74) is 7.63. The highest BCUT2D eigenvalue weighted by atomic mass is 19.1. The Morgan fingerprint density at radius 3 is 2.42 bits per heavy atom. The number of nitrogens with one attached hydrogen (secondary N) is 1. The highest BCUT2D eigenvalue weighted by molar-refractivity contribution is 5.37. The Balaban J connectivity index is 1.98. The van der Waals surface area contributed by atoms with Crippen molar-refractivity contribution in [1.29, 1.82) is 0 Å². The third kappa shape index (κ3) is 3.72. The Labute approximate surface area is 110 Å². The van der Waals surface area contributed by atoms with Gasteiger partial charge in [0.2, 0.25) is 0 Å². The Bertz CT molecular complexity index is 541. The molecule has 0 aliphatic rings. The van der Waals surface area contributed by atoms with E-state index in [0.29, 0.717) is 13.1 Å². The van der Waals surface area contributed by atoms with Gasteiger partial charge in [0.05, 0.1) is 6.20 Å². The number of pyridine rings is 1. The molecule has 0 radical (unpaired) electrons. The highest BCUT2D eigenvalue weighted by Gasteiger charge is 2.04. The third-order valence-corrected chi connectivity index (χ3v) is 2.72. The van der Waals surface area contributed by atoms with Crippen molar-refractivity contribution in [2.45, 2.75) is 13.0 Å². The lowest BCUT2D eigenvalue weighted by molar-refractivity contribution is 0.575. The maximum Gasteiger partial charge on any atom is 0.168 e. The zero-order chi connectivity index (χ0) is 13.7. The summed E-state index contributed by atoms with van der Waals surface area (Å²) in [4.78, 5) is 3.66. The molecule has 0 aliphatic heterocycles. The predicted octanol–water partition coefficient (Wildman–Crippen LogP) is 2.47. The monoisotopic (exact) mass is 263 g/mol. The summed E-state index contributed by atoms with van der Waals surface area (Å²) < 4.78 is 26.0. The van der Waals surface area contributed by atoms with E-state index in [9.17, 15) is 8.78 Å². The van der Waals surface area contributed by atoms with E-state index in [-0.39, 0.29) is 5.82 Å². The topological polar surface area (TPSA) is 50.9 Å². The first-order valence-corrected chi connectivity index (χ1v) is 6.02. The van der Waals surface area contributed by atoms with Gasteiger partial charge in [-0.1, -0.05) is 24.3 Å². The van der Waals surface area contributed by atoms with Crippen LogP contribution < -0.4 is 11.1 Å². The lowest BCUT2D eigenvalue weighted by atomic mass is 10.1. The van der Waals surface area contributed by atoms with Gasteiger partial charge in [0, 0.05) is 12.6 Å². The fraction of sp³-hybridized carbons (Fsp3) is 0.214. The second kappa shape index (κ2) is 6.24. The molecule has 2 aromatic rings. The standard InChI is InChI=1S/C14H15F2N3/c15-12-7-13(16)14(19-9-12)18-8-11-3-1-10(2-4-11)5-6-17/h1-4,7,9H,5-6,8,17H2,(H,18,19). The van der Waals surface area contributed by atoms with Crippen LogP contribution in [0.3, 0.4) is 0 Å². The van der Waals surface area contributed by atoms with Crippen LogP contribution in [0.2, 0.25) is 0 Å². The summed E-state index contributed by atoms with van der Waals surface area (Å²) in [5, 5.41) is 2.83. The first-order chi connectivity index (χ1) is 9.19. The molecule has 1 aromatic heterocycles. The Kier molecular flexibility index (Phi) is 4.41. The first-order valence-electron chi connectivity index (χ1n) is 6.02. The summed E-state index contributed by atoms with van der Waals surface area (Å²) in [6.45, 7) is 1.04. The average Bonchev–Trinajstić information content (AvgIpc) is 2.40. The van der Waals surface area contributed by atoms with Crippen molar-refractivity contribution in [2.75, 3.05) is 11.9 Å². The van der Waals surface area contributed by atoms with Crippen molar-refractivity contribution < 1.29 is 8.78 Å². The van der Waals surface area contributed by atoms with Gasteiger partial charge < -0.3 is 11.1 Å². The molecule has 5 heteroatoms. The Morgan fingerprint density at radius 2 is 1.79 bits per heavy atom. The molecule has 0 amide bonds. The SMILES string of the molecule is NCCc1ccc(CNc2ncc(F)cc2F)cc1. The fourth-order valence-corrected chi connectivity index (χ4v) is 1.72. The molecular formula is C14H15F2N3. The summed E-state index contributed by atoms with van der Waals surface area (Å²) in [7, 11) is 0. The van der Waals surface area contributed by atoms with Crippen molar-refractivity contribution in [3.05, 3.63) is 59.3 Å². The number of aromatic nitrogens is 1. The molecule has 0 saturated carbocycles. The number of halogens is 2. The summed E-state index contributed by atoms with van der Waals surface area (Å²) in [5.74, 6) is -1.33. The number of hydrogen-bond acceptors (Lipinski definition) is 3. The van der Waals surface area contributed by atoms with Crippen LogP contribution in [0.25, 0.3) is 0 Å². The number of anilines is 1. The molecule has 0 spiro atoms. The van der Waals surface area contributed by atoms with E-state index in [2.05, 4.69) is 10.3 Å². The van der Waals surface area contributed by atoms with Crippen LogP contribution in [-0.2, 0) is 13.0 Å². The molecule has 0 fully saturated rings. The van der Waals surface area contributed by atoms with Crippen LogP contribution in [0.1, 0.15) is 11.1 Å². The van der Waals surface area contributed by atoms with Crippen LogP contribution in [0.15, 0.2) is 36.5 Å².